The first-order valence-electron chi connectivity index (χ1n) is 10.00. The molecule has 1 fully saturated rings. The fourth-order valence-electron chi connectivity index (χ4n) is 4.05. The summed E-state index contributed by atoms with van der Waals surface area (Å²) in [5, 5.41) is 3.24. The molecule has 0 radical (unpaired) electrons. The Morgan fingerprint density at radius 1 is 1.18 bits per heavy atom. The van der Waals surface area contributed by atoms with Crippen molar-refractivity contribution < 1.29 is 13.9 Å². The second kappa shape index (κ2) is 9.72. The van der Waals surface area contributed by atoms with Gasteiger partial charge in [0.1, 0.15) is 5.76 Å². The lowest BCUT2D eigenvalue weighted by Crippen LogP contribution is -2.50. The summed E-state index contributed by atoms with van der Waals surface area (Å²) in [5.74, 6) is 0.954. The number of halogens is 1. The predicted molar refractivity (Wildman–Crippen MR) is 113 cm³/mol. The third kappa shape index (κ3) is 4.50. The van der Waals surface area contributed by atoms with E-state index in [0.29, 0.717) is 32.6 Å². The number of ether oxygens (including phenoxy) is 1. The molecule has 0 bridgehead atoms. The van der Waals surface area contributed by atoms with Crippen LogP contribution in [0.15, 0.2) is 51.6 Å². The molecule has 1 saturated heterocycles. The first-order chi connectivity index (χ1) is 13.6. The van der Waals surface area contributed by atoms with E-state index in [1.54, 1.807) is 6.26 Å². The number of likely N-dealkylation sites (N-methyl/N-ethyl adjacent to an activating group) is 1. The maximum atomic E-state index is 13.5. The first kappa shape index (κ1) is 21.1. The number of furan rings is 1. The molecular formula is C22H29BrN2O3. The van der Waals surface area contributed by atoms with Crippen LogP contribution in [0.3, 0.4) is 0 Å². The molecule has 6 heteroatoms. The van der Waals surface area contributed by atoms with E-state index in [4.69, 9.17) is 9.15 Å². The summed E-state index contributed by atoms with van der Waals surface area (Å²) in [5.41, 5.74) is 0.504. The smallest absolute Gasteiger partial charge is 0.230 e. The Balaban J connectivity index is 1.80. The minimum atomic E-state index is -0.546. The Hall–Kier alpha value is -1.63. The van der Waals surface area contributed by atoms with Gasteiger partial charge >= 0.3 is 0 Å². The number of amides is 1. The van der Waals surface area contributed by atoms with Crippen LogP contribution in [0.5, 0.6) is 0 Å². The molecule has 2 heterocycles. The van der Waals surface area contributed by atoms with Crippen LogP contribution in [0.2, 0.25) is 0 Å². The van der Waals surface area contributed by atoms with E-state index in [-0.39, 0.29) is 11.9 Å². The van der Waals surface area contributed by atoms with Crippen molar-refractivity contribution in [3.63, 3.8) is 0 Å². The van der Waals surface area contributed by atoms with Crippen LogP contribution in [-0.2, 0) is 14.9 Å². The van der Waals surface area contributed by atoms with E-state index < -0.39 is 5.41 Å². The van der Waals surface area contributed by atoms with E-state index in [9.17, 15) is 4.79 Å². The van der Waals surface area contributed by atoms with Crippen molar-refractivity contribution in [2.75, 3.05) is 32.8 Å². The number of carbonyl (C=O) groups excluding carboxylic acids is 1. The highest BCUT2D eigenvalue weighted by atomic mass is 79.9. The normalized spacial score (nSPS) is 17.4. The monoisotopic (exact) mass is 448 g/mol. The second-order valence-corrected chi connectivity index (χ2v) is 8.08. The lowest BCUT2D eigenvalue weighted by molar-refractivity contribution is -0.130. The third-order valence-electron chi connectivity index (χ3n) is 5.76. The van der Waals surface area contributed by atoms with Gasteiger partial charge in [-0.15, -0.1) is 0 Å². The highest BCUT2D eigenvalue weighted by Crippen LogP contribution is 2.36. The number of benzene rings is 1. The molecule has 0 aliphatic carbocycles. The van der Waals surface area contributed by atoms with E-state index in [1.807, 2.05) is 36.4 Å². The molecule has 1 aliphatic rings. The van der Waals surface area contributed by atoms with Gasteiger partial charge in [-0.05, 0) is 55.8 Å². The summed E-state index contributed by atoms with van der Waals surface area (Å²) in [7, 11) is 0. The van der Waals surface area contributed by atoms with Gasteiger partial charge in [0.2, 0.25) is 5.91 Å². The molecule has 1 aromatic heterocycles. The summed E-state index contributed by atoms with van der Waals surface area (Å²) < 4.78 is 12.2. The molecule has 152 valence electrons. The maximum absolute atomic E-state index is 13.5. The zero-order valence-electron chi connectivity index (χ0n) is 16.6. The van der Waals surface area contributed by atoms with Gasteiger partial charge in [0.05, 0.1) is 17.7 Å². The molecule has 28 heavy (non-hydrogen) atoms. The molecule has 2 aromatic rings. The van der Waals surface area contributed by atoms with Gasteiger partial charge in [-0.1, -0.05) is 41.9 Å². The fraction of sp³-hybridized carbons (Fsp3) is 0.500. The van der Waals surface area contributed by atoms with E-state index in [1.165, 1.54) is 0 Å². The maximum Gasteiger partial charge on any atom is 0.230 e. The summed E-state index contributed by atoms with van der Waals surface area (Å²) >= 11 is 3.49. The molecule has 0 saturated carbocycles. The van der Waals surface area contributed by atoms with Crippen LogP contribution in [-0.4, -0.2) is 43.7 Å². The number of nitrogens with one attached hydrogen (secondary N) is 1. The topological polar surface area (TPSA) is 54.7 Å². The summed E-state index contributed by atoms with van der Waals surface area (Å²) in [6.07, 6.45) is 3.07. The van der Waals surface area contributed by atoms with Crippen molar-refractivity contribution in [3.05, 3.63) is 58.5 Å². The zero-order chi connectivity index (χ0) is 20.0. The largest absolute Gasteiger partial charge is 0.468 e. The number of hydrogen-bond donors (Lipinski definition) is 1. The first-order valence-corrected chi connectivity index (χ1v) is 10.8. The van der Waals surface area contributed by atoms with Gasteiger partial charge in [-0.25, -0.2) is 0 Å². The van der Waals surface area contributed by atoms with Gasteiger partial charge in [0, 0.05) is 24.2 Å². The minimum absolute atomic E-state index is 0.0239. The summed E-state index contributed by atoms with van der Waals surface area (Å²) in [6.45, 7) is 7.76. The summed E-state index contributed by atoms with van der Waals surface area (Å²) in [4.78, 5) is 15.8. The van der Waals surface area contributed by atoms with E-state index in [2.05, 4.69) is 40.0 Å². The summed E-state index contributed by atoms with van der Waals surface area (Å²) in [6, 6.07) is 12.0. The highest BCUT2D eigenvalue weighted by molar-refractivity contribution is 9.10. The molecule has 1 unspecified atom stereocenters. The van der Waals surface area contributed by atoms with Crippen molar-refractivity contribution in [1.29, 1.82) is 0 Å². The lowest BCUT2D eigenvalue weighted by Gasteiger charge is -2.37. The second-order valence-electron chi connectivity index (χ2n) is 7.16. The van der Waals surface area contributed by atoms with Gasteiger partial charge < -0.3 is 14.5 Å². The Bertz CT molecular complexity index is 736. The fourth-order valence-corrected chi connectivity index (χ4v) is 4.31. The Labute approximate surface area is 175 Å². The Morgan fingerprint density at radius 2 is 1.86 bits per heavy atom. The molecular weight excluding hydrogens is 420 g/mol. The molecule has 1 N–H and O–H groups in total. The molecule has 0 spiro atoms. The van der Waals surface area contributed by atoms with Crippen LogP contribution in [0, 0.1) is 0 Å². The van der Waals surface area contributed by atoms with Crippen LogP contribution >= 0.6 is 15.9 Å². The molecule has 1 amide bonds. The molecule has 1 atom stereocenters. The Morgan fingerprint density at radius 3 is 2.43 bits per heavy atom. The molecule has 1 aliphatic heterocycles. The predicted octanol–water partition coefficient (Wildman–Crippen LogP) is 4.29. The zero-order valence-corrected chi connectivity index (χ0v) is 18.2. The van der Waals surface area contributed by atoms with E-state index in [0.717, 1.165) is 28.9 Å². The van der Waals surface area contributed by atoms with Crippen molar-refractivity contribution in [3.8, 4) is 0 Å². The SMILES string of the molecule is CCN(CC)C(CNC(=O)C1(c2ccc(Br)cc2)CCOCC1)c1ccco1. The van der Waals surface area contributed by atoms with Crippen LogP contribution in [0.25, 0.3) is 0 Å². The van der Waals surface area contributed by atoms with Gasteiger partial charge in [-0.2, -0.15) is 0 Å². The number of nitrogens with zero attached hydrogens (tertiary/aromatic N) is 1. The van der Waals surface area contributed by atoms with Crippen LogP contribution < -0.4 is 5.32 Å². The van der Waals surface area contributed by atoms with Gasteiger partial charge in [-0.3, -0.25) is 9.69 Å². The molecule has 5 nitrogen and oxygen atoms in total. The average molecular weight is 449 g/mol. The van der Waals surface area contributed by atoms with Crippen molar-refractivity contribution in [2.45, 2.75) is 38.1 Å². The highest BCUT2D eigenvalue weighted by Gasteiger charge is 2.42. The van der Waals surface area contributed by atoms with Crippen LogP contribution in [0.4, 0.5) is 0 Å². The quantitative estimate of drug-likeness (QED) is 0.654. The number of hydrogen-bond acceptors (Lipinski definition) is 4. The molecule has 1 aromatic carbocycles. The van der Waals surface area contributed by atoms with Crippen LogP contribution in [0.1, 0.15) is 44.1 Å². The van der Waals surface area contributed by atoms with E-state index >= 15 is 0 Å². The van der Waals surface area contributed by atoms with Crippen molar-refractivity contribution in [1.82, 2.24) is 10.2 Å². The van der Waals surface area contributed by atoms with Crippen molar-refractivity contribution >= 4 is 21.8 Å². The third-order valence-corrected chi connectivity index (χ3v) is 6.29. The van der Waals surface area contributed by atoms with Gasteiger partial charge in [0.25, 0.3) is 0 Å². The minimum Gasteiger partial charge on any atom is -0.468 e. The number of carbonyl (C=O) groups is 1. The standard InChI is InChI=1S/C22H29BrN2O3/c1-3-25(4-2)19(20-6-5-13-28-20)16-24-21(26)22(11-14-27-15-12-22)17-7-9-18(23)10-8-17/h5-10,13,19H,3-4,11-12,14-16H2,1-2H3,(H,24,26). The number of rotatable bonds is 8. The lowest BCUT2D eigenvalue weighted by atomic mass is 9.73. The van der Waals surface area contributed by atoms with Crippen molar-refractivity contribution in [2.24, 2.45) is 0 Å². The molecule has 3 rings (SSSR count). The Kier molecular flexibility index (Phi) is 7.32. The van der Waals surface area contributed by atoms with Gasteiger partial charge in [0.15, 0.2) is 0 Å². The average Bonchev–Trinajstić information content (AvgIpc) is 3.26.